The molecular formula is C49H70N2. The first kappa shape index (κ1) is 35.5. The van der Waals surface area contributed by atoms with Gasteiger partial charge in [0.05, 0.1) is 6.04 Å². The Morgan fingerprint density at radius 3 is 2.18 bits per heavy atom. The lowest BCUT2D eigenvalue weighted by molar-refractivity contribution is 0.121. The molecule has 0 N–H and O–H groups in total. The third kappa shape index (κ3) is 7.78. The fourth-order valence-corrected chi connectivity index (χ4v) is 12.0. The Labute approximate surface area is 312 Å². The molecule has 1 fully saturated rings. The maximum absolute atomic E-state index is 3.06. The Morgan fingerprint density at radius 2 is 1.43 bits per heavy atom. The van der Waals surface area contributed by atoms with Gasteiger partial charge in [0.1, 0.15) is 0 Å². The Hall–Kier alpha value is -2.48. The van der Waals surface area contributed by atoms with Crippen LogP contribution >= 0.6 is 0 Å². The quantitative estimate of drug-likeness (QED) is 0.223. The van der Waals surface area contributed by atoms with Gasteiger partial charge in [0.15, 0.2) is 0 Å². The lowest BCUT2D eigenvalue weighted by atomic mass is 9.66. The number of rotatable bonds is 9. The molecule has 0 radical (unpaired) electrons. The van der Waals surface area contributed by atoms with Crippen molar-refractivity contribution in [3.05, 3.63) is 94.9 Å². The Morgan fingerprint density at radius 1 is 0.569 bits per heavy atom. The van der Waals surface area contributed by atoms with E-state index in [1.165, 1.54) is 166 Å². The van der Waals surface area contributed by atoms with Gasteiger partial charge < -0.3 is 9.80 Å². The maximum atomic E-state index is 3.06. The van der Waals surface area contributed by atoms with Crippen LogP contribution in [0.3, 0.4) is 0 Å². The van der Waals surface area contributed by atoms with Gasteiger partial charge in [0.2, 0.25) is 0 Å². The third-order valence-corrected chi connectivity index (χ3v) is 14.8. The van der Waals surface area contributed by atoms with Crippen LogP contribution in [0.1, 0.15) is 167 Å². The minimum atomic E-state index is 0.126. The Balaban J connectivity index is 1.14. The summed E-state index contributed by atoms with van der Waals surface area (Å²) in [6.07, 6.45) is 61.7. The summed E-state index contributed by atoms with van der Waals surface area (Å²) in [7, 11) is 0. The molecule has 0 amide bonds. The summed E-state index contributed by atoms with van der Waals surface area (Å²) in [4.78, 5) is 6.11. The molecule has 8 aliphatic rings. The monoisotopic (exact) mass is 687 g/mol. The topological polar surface area (TPSA) is 6.48 Å². The van der Waals surface area contributed by atoms with Crippen LogP contribution in [0, 0.1) is 17.3 Å². The minimum Gasteiger partial charge on any atom is -0.365 e. The summed E-state index contributed by atoms with van der Waals surface area (Å²) in [5.41, 5.74) is 8.62. The second-order valence-electron chi connectivity index (χ2n) is 18.0. The van der Waals surface area contributed by atoms with Crippen LogP contribution in [0.5, 0.6) is 0 Å². The first-order chi connectivity index (χ1) is 25.2. The lowest BCUT2D eigenvalue weighted by Gasteiger charge is -2.53. The smallest absolute Gasteiger partial charge is 0.0511 e. The van der Waals surface area contributed by atoms with Gasteiger partial charge in [-0.05, 0) is 170 Å². The van der Waals surface area contributed by atoms with E-state index in [1.807, 2.05) is 5.57 Å². The van der Waals surface area contributed by atoms with Crippen molar-refractivity contribution in [1.82, 2.24) is 9.80 Å². The zero-order chi connectivity index (χ0) is 34.5. The summed E-state index contributed by atoms with van der Waals surface area (Å²) in [5, 5.41) is 0. The highest BCUT2D eigenvalue weighted by Crippen LogP contribution is 2.53. The van der Waals surface area contributed by atoms with E-state index in [1.54, 1.807) is 17.0 Å². The predicted molar refractivity (Wildman–Crippen MR) is 217 cm³/mol. The van der Waals surface area contributed by atoms with Gasteiger partial charge >= 0.3 is 0 Å². The fourth-order valence-electron chi connectivity index (χ4n) is 12.0. The molecule has 276 valence electrons. The molecule has 0 spiro atoms. The molecule has 2 heteroatoms. The van der Waals surface area contributed by atoms with Crippen molar-refractivity contribution in [3.63, 3.8) is 0 Å². The molecule has 8 rings (SSSR count). The molecule has 5 unspecified atom stereocenters. The molecule has 2 nitrogen and oxygen atoms in total. The summed E-state index contributed by atoms with van der Waals surface area (Å²) >= 11 is 0. The van der Waals surface area contributed by atoms with Gasteiger partial charge in [-0.15, -0.1) is 0 Å². The molecule has 1 saturated carbocycles. The average Bonchev–Trinajstić information content (AvgIpc) is 3.21. The second kappa shape index (κ2) is 16.7. The van der Waals surface area contributed by atoms with Crippen LogP contribution in [-0.2, 0) is 0 Å². The summed E-state index contributed by atoms with van der Waals surface area (Å²) in [5.74, 6) is 1.63. The van der Waals surface area contributed by atoms with Crippen LogP contribution in [0.4, 0.5) is 0 Å². The first-order valence-electron chi connectivity index (χ1n) is 22.3. The molecule has 0 heterocycles. The van der Waals surface area contributed by atoms with Gasteiger partial charge in [-0.1, -0.05) is 93.0 Å². The van der Waals surface area contributed by atoms with Crippen LogP contribution in [0.15, 0.2) is 94.9 Å². The second-order valence-corrected chi connectivity index (χ2v) is 18.0. The van der Waals surface area contributed by atoms with Crippen molar-refractivity contribution in [2.24, 2.45) is 17.3 Å². The van der Waals surface area contributed by atoms with E-state index in [-0.39, 0.29) is 5.41 Å². The van der Waals surface area contributed by atoms with Crippen molar-refractivity contribution in [3.8, 4) is 0 Å². The standard InChI is InChI=1S/C49H70N2/c1-49(37-17-16-28-48(49)51(43-24-12-5-13-25-43)45-35-31-41(32-36-45)39-20-8-3-9-21-39)46-26-14-15-27-47(46)50(42-22-10-4-11-23-42)44-33-29-40(30-34-44)38-18-6-2-7-19-38/h2,6,10,20,22,28-29,31-33,35,38,40,42-45H,3-5,7-9,11-19,21,23-27,30,34,36-37H2,1H3/t38?,40-,42?,44?,45?,49?/m1/s1. The van der Waals surface area contributed by atoms with E-state index in [2.05, 4.69) is 83.6 Å². The van der Waals surface area contributed by atoms with Crippen LogP contribution in [0.25, 0.3) is 0 Å². The van der Waals surface area contributed by atoms with Gasteiger partial charge in [0.25, 0.3) is 0 Å². The number of nitrogens with zero attached hydrogens (tertiary/aromatic N) is 2. The number of hydrogen-bond donors (Lipinski definition) is 0. The molecule has 8 aliphatic carbocycles. The van der Waals surface area contributed by atoms with E-state index >= 15 is 0 Å². The van der Waals surface area contributed by atoms with Crippen LogP contribution < -0.4 is 0 Å². The molecule has 0 saturated heterocycles. The largest absolute Gasteiger partial charge is 0.365 e. The zero-order valence-electron chi connectivity index (χ0n) is 32.4. The fraction of sp³-hybridized carbons (Fsp3) is 0.673. The van der Waals surface area contributed by atoms with Gasteiger partial charge in [-0.25, -0.2) is 0 Å². The van der Waals surface area contributed by atoms with Crippen molar-refractivity contribution in [2.45, 2.75) is 192 Å². The van der Waals surface area contributed by atoms with E-state index in [0.717, 1.165) is 11.8 Å². The summed E-state index contributed by atoms with van der Waals surface area (Å²) in [6, 6.07) is 2.27. The van der Waals surface area contributed by atoms with Crippen LogP contribution in [0.2, 0.25) is 0 Å². The first-order valence-corrected chi connectivity index (χ1v) is 22.3. The SMILES string of the molecule is CC1(C2=C(N(C3C=CCCC3)C3C=C[C@@H](C4CC=CCC4)CC3)CCCC2)CCCC=C1N(C1C=CC(C2=CCCCC2)=CC1)C1CCCCC1. The van der Waals surface area contributed by atoms with Crippen molar-refractivity contribution in [2.75, 3.05) is 0 Å². The van der Waals surface area contributed by atoms with Gasteiger partial charge in [-0.3, -0.25) is 0 Å². The molecule has 51 heavy (non-hydrogen) atoms. The molecule has 0 aliphatic heterocycles. The maximum Gasteiger partial charge on any atom is 0.0511 e. The average molecular weight is 687 g/mol. The lowest BCUT2D eigenvalue weighted by Crippen LogP contribution is -2.49. The molecule has 0 aromatic carbocycles. The van der Waals surface area contributed by atoms with E-state index < -0.39 is 0 Å². The highest BCUT2D eigenvalue weighted by Gasteiger charge is 2.45. The summed E-state index contributed by atoms with van der Waals surface area (Å²) < 4.78 is 0. The van der Waals surface area contributed by atoms with Gasteiger partial charge in [0, 0.05) is 34.9 Å². The highest BCUT2D eigenvalue weighted by atomic mass is 15.2. The van der Waals surface area contributed by atoms with Crippen molar-refractivity contribution in [1.29, 1.82) is 0 Å². The molecule has 0 aromatic heterocycles. The Kier molecular flexibility index (Phi) is 11.6. The van der Waals surface area contributed by atoms with Crippen LogP contribution in [-0.4, -0.2) is 34.0 Å². The minimum absolute atomic E-state index is 0.126. The summed E-state index contributed by atoms with van der Waals surface area (Å²) in [6.45, 7) is 2.73. The van der Waals surface area contributed by atoms with E-state index in [9.17, 15) is 0 Å². The Bertz CT molecular complexity index is 1460. The van der Waals surface area contributed by atoms with Crippen molar-refractivity contribution < 1.29 is 0 Å². The van der Waals surface area contributed by atoms with E-state index in [4.69, 9.17) is 0 Å². The van der Waals surface area contributed by atoms with Gasteiger partial charge in [-0.2, -0.15) is 0 Å². The zero-order valence-corrected chi connectivity index (χ0v) is 32.4. The molecular weight excluding hydrogens is 617 g/mol. The molecule has 0 aromatic rings. The normalized spacial score (nSPS) is 34.9. The number of allylic oxidation sites excluding steroid dienone is 11. The number of hydrogen-bond acceptors (Lipinski definition) is 2. The highest BCUT2D eigenvalue weighted by molar-refractivity contribution is 5.44. The molecule has 6 atom stereocenters. The third-order valence-electron chi connectivity index (χ3n) is 14.8. The van der Waals surface area contributed by atoms with Crippen molar-refractivity contribution >= 4 is 0 Å². The van der Waals surface area contributed by atoms with E-state index in [0.29, 0.717) is 24.2 Å². The predicted octanol–water partition coefficient (Wildman–Crippen LogP) is 13.4. The molecule has 0 bridgehead atoms.